The van der Waals surface area contributed by atoms with E-state index in [9.17, 15) is 9.59 Å². The predicted octanol–water partition coefficient (Wildman–Crippen LogP) is 1.82. The maximum absolute atomic E-state index is 11.9. The van der Waals surface area contributed by atoms with E-state index in [2.05, 4.69) is 11.9 Å². The van der Waals surface area contributed by atoms with E-state index in [1.54, 1.807) is 6.08 Å². The number of carbonyl (C=O) groups is 2. The molecule has 0 radical (unpaired) electrons. The van der Waals surface area contributed by atoms with Gasteiger partial charge in [0.2, 0.25) is 5.91 Å². The second-order valence-electron chi connectivity index (χ2n) is 4.67. The summed E-state index contributed by atoms with van der Waals surface area (Å²) in [5, 5.41) is 11.9. The van der Waals surface area contributed by atoms with Crippen LogP contribution >= 0.6 is 0 Å². The zero-order chi connectivity index (χ0) is 12.8. The van der Waals surface area contributed by atoms with Crippen LogP contribution in [0.2, 0.25) is 0 Å². The van der Waals surface area contributed by atoms with Gasteiger partial charge in [0.05, 0.1) is 11.8 Å². The molecule has 1 fully saturated rings. The van der Waals surface area contributed by atoms with E-state index in [0.717, 1.165) is 6.42 Å². The molecule has 17 heavy (non-hydrogen) atoms. The summed E-state index contributed by atoms with van der Waals surface area (Å²) in [6.45, 7) is 6.16. The molecule has 4 heteroatoms. The van der Waals surface area contributed by atoms with E-state index in [4.69, 9.17) is 5.11 Å². The normalized spacial score (nSPS) is 27.7. The van der Waals surface area contributed by atoms with Gasteiger partial charge >= 0.3 is 5.97 Å². The third-order valence-corrected chi connectivity index (χ3v) is 3.54. The van der Waals surface area contributed by atoms with E-state index >= 15 is 0 Å². The molecule has 0 spiro atoms. The minimum atomic E-state index is -0.843. The Labute approximate surface area is 102 Å². The molecule has 96 valence electrons. The number of carboxylic acids is 1. The van der Waals surface area contributed by atoms with Crippen molar-refractivity contribution in [2.75, 3.05) is 6.54 Å². The van der Waals surface area contributed by atoms with Crippen molar-refractivity contribution >= 4 is 11.9 Å². The van der Waals surface area contributed by atoms with Gasteiger partial charge in [-0.3, -0.25) is 9.59 Å². The summed E-state index contributed by atoms with van der Waals surface area (Å²) < 4.78 is 0. The van der Waals surface area contributed by atoms with Gasteiger partial charge < -0.3 is 10.4 Å². The highest BCUT2D eigenvalue weighted by Crippen LogP contribution is 2.38. The molecule has 1 saturated carbocycles. The van der Waals surface area contributed by atoms with E-state index < -0.39 is 11.9 Å². The summed E-state index contributed by atoms with van der Waals surface area (Å²) in [5.41, 5.74) is 0. The van der Waals surface area contributed by atoms with E-state index in [-0.39, 0.29) is 11.8 Å². The third-order valence-electron chi connectivity index (χ3n) is 3.54. The maximum Gasteiger partial charge on any atom is 0.307 e. The minimum Gasteiger partial charge on any atom is -0.481 e. The van der Waals surface area contributed by atoms with E-state index in [1.165, 1.54) is 0 Å². The molecule has 1 unspecified atom stereocenters. The summed E-state index contributed by atoms with van der Waals surface area (Å²) in [6, 6.07) is 0. The standard InChI is InChI=1S/C13H21NO3/c1-3-5-6-14-12(15)10-7-9(4-2)8-11(10)13(16)17/h3,9-11H,1,4-8H2,2H3,(H,14,15)(H,16,17)/t9?,10-,11+/m0/s1. The van der Waals surface area contributed by atoms with Crippen molar-refractivity contribution in [3.63, 3.8) is 0 Å². The van der Waals surface area contributed by atoms with Gasteiger partial charge in [-0.1, -0.05) is 19.4 Å². The van der Waals surface area contributed by atoms with Gasteiger partial charge in [-0.05, 0) is 25.2 Å². The SMILES string of the molecule is C=CCCNC(=O)[C@H]1CC(CC)C[C@H]1C(=O)O. The number of carbonyl (C=O) groups excluding carboxylic acids is 1. The highest BCUT2D eigenvalue weighted by Gasteiger charge is 2.41. The molecule has 3 atom stereocenters. The van der Waals surface area contributed by atoms with E-state index in [0.29, 0.717) is 31.7 Å². The van der Waals surface area contributed by atoms with Gasteiger partial charge in [0.25, 0.3) is 0 Å². The maximum atomic E-state index is 11.9. The van der Waals surface area contributed by atoms with Gasteiger partial charge in [0.15, 0.2) is 0 Å². The lowest BCUT2D eigenvalue weighted by Gasteiger charge is -2.15. The molecule has 0 aliphatic heterocycles. The Kier molecular flexibility index (Phi) is 5.19. The van der Waals surface area contributed by atoms with Gasteiger partial charge in [0, 0.05) is 6.54 Å². The van der Waals surface area contributed by atoms with Crippen LogP contribution in [0.3, 0.4) is 0 Å². The van der Waals surface area contributed by atoms with Crippen molar-refractivity contribution in [2.24, 2.45) is 17.8 Å². The van der Waals surface area contributed by atoms with Crippen LogP contribution in [0.5, 0.6) is 0 Å². The molecule has 0 saturated heterocycles. The summed E-state index contributed by atoms with van der Waals surface area (Å²) >= 11 is 0. The van der Waals surface area contributed by atoms with Crippen molar-refractivity contribution in [2.45, 2.75) is 32.6 Å². The number of nitrogens with one attached hydrogen (secondary N) is 1. The second kappa shape index (κ2) is 6.42. The van der Waals surface area contributed by atoms with Crippen molar-refractivity contribution in [3.8, 4) is 0 Å². The summed E-state index contributed by atoms with van der Waals surface area (Å²) in [7, 11) is 0. The summed E-state index contributed by atoms with van der Waals surface area (Å²) in [6.07, 6.45) is 4.73. The molecule has 1 rings (SSSR count). The first-order valence-electron chi connectivity index (χ1n) is 6.21. The molecule has 2 N–H and O–H groups in total. The zero-order valence-corrected chi connectivity index (χ0v) is 10.3. The van der Waals surface area contributed by atoms with E-state index in [1.807, 2.05) is 6.92 Å². The fourth-order valence-electron chi connectivity index (χ4n) is 2.47. The van der Waals surface area contributed by atoms with Crippen LogP contribution in [-0.2, 0) is 9.59 Å². The molecule has 4 nitrogen and oxygen atoms in total. The van der Waals surface area contributed by atoms with Crippen LogP contribution in [0.4, 0.5) is 0 Å². The van der Waals surface area contributed by atoms with Crippen LogP contribution in [0.25, 0.3) is 0 Å². The first-order chi connectivity index (χ1) is 8.10. The molecule has 0 aromatic rings. The number of carboxylic acid groups (broad SMARTS) is 1. The Morgan fingerprint density at radius 1 is 1.41 bits per heavy atom. The minimum absolute atomic E-state index is 0.116. The average Bonchev–Trinajstić information content (AvgIpc) is 2.73. The van der Waals surface area contributed by atoms with Crippen LogP contribution in [0, 0.1) is 17.8 Å². The van der Waals surface area contributed by atoms with Gasteiger partial charge in [-0.2, -0.15) is 0 Å². The topological polar surface area (TPSA) is 66.4 Å². The molecular weight excluding hydrogens is 218 g/mol. The summed E-state index contributed by atoms with van der Waals surface area (Å²) in [4.78, 5) is 23.0. The number of aliphatic carboxylic acids is 1. The molecule has 0 aromatic heterocycles. The highest BCUT2D eigenvalue weighted by molar-refractivity contribution is 5.85. The van der Waals surface area contributed by atoms with Crippen LogP contribution in [-0.4, -0.2) is 23.5 Å². The lowest BCUT2D eigenvalue weighted by molar-refractivity contribution is -0.146. The van der Waals surface area contributed by atoms with Crippen molar-refractivity contribution in [1.82, 2.24) is 5.32 Å². The predicted molar refractivity (Wildman–Crippen MR) is 65.5 cm³/mol. The zero-order valence-electron chi connectivity index (χ0n) is 10.3. The molecule has 1 aliphatic carbocycles. The molecule has 0 bridgehead atoms. The van der Waals surface area contributed by atoms with Crippen LogP contribution in [0.15, 0.2) is 12.7 Å². The number of hydrogen-bond acceptors (Lipinski definition) is 2. The smallest absolute Gasteiger partial charge is 0.307 e. The Morgan fingerprint density at radius 2 is 2.06 bits per heavy atom. The molecular formula is C13H21NO3. The third kappa shape index (κ3) is 3.58. The Balaban J connectivity index is 2.56. The fourth-order valence-corrected chi connectivity index (χ4v) is 2.47. The Bertz CT molecular complexity index is 301. The molecule has 0 heterocycles. The monoisotopic (exact) mass is 239 g/mol. The van der Waals surface area contributed by atoms with Gasteiger partial charge in [0.1, 0.15) is 0 Å². The lowest BCUT2D eigenvalue weighted by atomic mass is 9.95. The van der Waals surface area contributed by atoms with Crippen LogP contribution in [0.1, 0.15) is 32.6 Å². The Morgan fingerprint density at radius 3 is 2.59 bits per heavy atom. The average molecular weight is 239 g/mol. The largest absolute Gasteiger partial charge is 0.481 e. The lowest BCUT2D eigenvalue weighted by Crippen LogP contribution is -2.35. The molecule has 1 aliphatic rings. The summed E-state index contributed by atoms with van der Waals surface area (Å²) in [5.74, 6) is -1.46. The molecule has 0 aromatic carbocycles. The van der Waals surface area contributed by atoms with Crippen molar-refractivity contribution in [3.05, 3.63) is 12.7 Å². The van der Waals surface area contributed by atoms with Crippen molar-refractivity contribution in [1.29, 1.82) is 0 Å². The fraction of sp³-hybridized carbons (Fsp3) is 0.692. The van der Waals surface area contributed by atoms with Gasteiger partial charge in [-0.25, -0.2) is 0 Å². The highest BCUT2D eigenvalue weighted by atomic mass is 16.4. The first-order valence-corrected chi connectivity index (χ1v) is 6.21. The van der Waals surface area contributed by atoms with Crippen molar-refractivity contribution < 1.29 is 14.7 Å². The number of rotatable bonds is 6. The van der Waals surface area contributed by atoms with Crippen LogP contribution < -0.4 is 5.32 Å². The second-order valence-corrected chi connectivity index (χ2v) is 4.67. The number of amides is 1. The molecule has 1 amide bonds. The quantitative estimate of drug-likeness (QED) is 0.549. The Hall–Kier alpha value is -1.32. The first kappa shape index (κ1) is 13.7. The number of hydrogen-bond donors (Lipinski definition) is 2. The van der Waals surface area contributed by atoms with Gasteiger partial charge in [-0.15, -0.1) is 6.58 Å².